The summed E-state index contributed by atoms with van der Waals surface area (Å²) in [6.07, 6.45) is 1.54. The number of rotatable bonds is 3. The van der Waals surface area contributed by atoms with Crippen LogP contribution in [-0.2, 0) is 9.59 Å². The minimum absolute atomic E-state index is 0.0239. The van der Waals surface area contributed by atoms with Crippen LogP contribution in [0.2, 0.25) is 0 Å². The standard InChI is InChI=1S/C10H18N2O2/c1-4-6-12-8(13)7-11-9(14)10(12,3)5-2/h4-7H2,1-3H3,(H,11,14). The smallest absolute Gasteiger partial charge is 0.246 e. The lowest BCUT2D eigenvalue weighted by molar-refractivity contribution is -0.152. The number of carbonyl (C=O) groups excluding carboxylic acids is 2. The molecule has 80 valence electrons. The molecule has 1 rings (SSSR count). The minimum atomic E-state index is -0.647. The zero-order valence-corrected chi connectivity index (χ0v) is 9.09. The number of nitrogens with zero attached hydrogens (tertiary/aromatic N) is 1. The Balaban J connectivity index is 2.92. The summed E-state index contributed by atoms with van der Waals surface area (Å²) >= 11 is 0. The molecular weight excluding hydrogens is 180 g/mol. The van der Waals surface area contributed by atoms with Crippen LogP contribution in [0.15, 0.2) is 0 Å². The number of hydrogen-bond donors (Lipinski definition) is 1. The molecule has 1 atom stereocenters. The molecule has 0 aromatic rings. The molecule has 2 amide bonds. The van der Waals surface area contributed by atoms with Crippen molar-refractivity contribution in [1.29, 1.82) is 0 Å². The van der Waals surface area contributed by atoms with Crippen LogP contribution in [0.1, 0.15) is 33.6 Å². The van der Waals surface area contributed by atoms with Crippen LogP contribution in [0.5, 0.6) is 0 Å². The summed E-state index contributed by atoms with van der Waals surface area (Å²) < 4.78 is 0. The Morgan fingerprint density at radius 3 is 2.57 bits per heavy atom. The van der Waals surface area contributed by atoms with E-state index in [0.717, 1.165) is 6.42 Å². The van der Waals surface area contributed by atoms with Crippen LogP contribution in [0.3, 0.4) is 0 Å². The highest BCUT2D eigenvalue weighted by atomic mass is 16.2. The Labute approximate surface area is 84.7 Å². The highest BCUT2D eigenvalue weighted by molar-refractivity contribution is 5.97. The van der Waals surface area contributed by atoms with Crippen LogP contribution < -0.4 is 5.32 Å². The first-order chi connectivity index (χ1) is 6.56. The normalized spacial score (nSPS) is 27.8. The highest BCUT2D eigenvalue weighted by Gasteiger charge is 2.43. The molecule has 1 heterocycles. The van der Waals surface area contributed by atoms with Crippen molar-refractivity contribution in [1.82, 2.24) is 10.2 Å². The topological polar surface area (TPSA) is 49.4 Å². The first kappa shape index (κ1) is 11.0. The average Bonchev–Trinajstić information content (AvgIpc) is 2.19. The van der Waals surface area contributed by atoms with E-state index in [4.69, 9.17) is 0 Å². The van der Waals surface area contributed by atoms with Gasteiger partial charge in [0.25, 0.3) is 0 Å². The maximum Gasteiger partial charge on any atom is 0.246 e. The Morgan fingerprint density at radius 1 is 1.43 bits per heavy atom. The van der Waals surface area contributed by atoms with E-state index in [1.54, 1.807) is 4.90 Å². The maximum absolute atomic E-state index is 11.7. The molecule has 1 aliphatic heterocycles. The molecule has 0 bridgehead atoms. The van der Waals surface area contributed by atoms with Gasteiger partial charge in [-0.05, 0) is 19.8 Å². The van der Waals surface area contributed by atoms with Crippen LogP contribution in [0.25, 0.3) is 0 Å². The van der Waals surface area contributed by atoms with E-state index in [-0.39, 0.29) is 18.4 Å². The molecule has 0 spiro atoms. The van der Waals surface area contributed by atoms with Crippen LogP contribution >= 0.6 is 0 Å². The van der Waals surface area contributed by atoms with Gasteiger partial charge in [-0.1, -0.05) is 13.8 Å². The van der Waals surface area contributed by atoms with E-state index in [1.165, 1.54) is 0 Å². The van der Waals surface area contributed by atoms with Gasteiger partial charge in [-0.25, -0.2) is 0 Å². The van der Waals surface area contributed by atoms with Crippen molar-refractivity contribution in [2.24, 2.45) is 0 Å². The van der Waals surface area contributed by atoms with Gasteiger partial charge in [0.2, 0.25) is 11.8 Å². The monoisotopic (exact) mass is 198 g/mol. The first-order valence-electron chi connectivity index (χ1n) is 5.15. The van der Waals surface area contributed by atoms with Crippen molar-refractivity contribution in [3.8, 4) is 0 Å². The van der Waals surface area contributed by atoms with Crippen molar-refractivity contribution in [3.05, 3.63) is 0 Å². The van der Waals surface area contributed by atoms with Crippen LogP contribution in [0.4, 0.5) is 0 Å². The van der Waals surface area contributed by atoms with Crippen molar-refractivity contribution in [2.45, 2.75) is 39.2 Å². The number of hydrogen-bond acceptors (Lipinski definition) is 2. The Kier molecular flexibility index (Phi) is 3.13. The number of nitrogens with one attached hydrogen (secondary N) is 1. The van der Waals surface area contributed by atoms with Gasteiger partial charge < -0.3 is 10.2 Å². The average molecular weight is 198 g/mol. The van der Waals surface area contributed by atoms with Gasteiger partial charge in [0.1, 0.15) is 5.54 Å². The number of piperazine rings is 1. The third-order valence-corrected chi connectivity index (χ3v) is 2.92. The zero-order valence-electron chi connectivity index (χ0n) is 9.09. The lowest BCUT2D eigenvalue weighted by Crippen LogP contribution is -2.65. The number of carbonyl (C=O) groups is 2. The largest absolute Gasteiger partial charge is 0.345 e. The SMILES string of the molecule is CCCN1C(=O)CNC(=O)C1(C)CC. The molecule has 1 N–H and O–H groups in total. The van der Waals surface area contributed by atoms with Gasteiger partial charge in [-0.3, -0.25) is 9.59 Å². The molecule has 0 saturated carbocycles. The van der Waals surface area contributed by atoms with Gasteiger partial charge >= 0.3 is 0 Å². The van der Waals surface area contributed by atoms with Crippen molar-refractivity contribution < 1.29 is 9.59 Å². The third kappa shape index (κ3) is 1.61. The predicted octanol–water partition coefficient (Wildman–Crippen LogP) is 0.523. The van der Waals surface area contributed by atoms with E-state index in [0.29, 0.717) is 13.0 Å². The third-order valence-electron chi connectivity index (χ3n) is 2.92. The second-order valence-electron chi connectivity index (χ2n) is 3.86. The molecule has 0 radical (unpaired) electrons. The first-order valence-corrected chi connectivity index (χ1v) is 5.15. The minimum Gasteiger partial charge on any atom is -0.345 e. The van der Waals surface area contributed by atoms with Gasteiger partial charge in [0.15, 0.2) is 0 Å². The quantitative estimate of drug-likeness (QED) is 0.719. The summed E-state index contributed by atoms with van der Waals surface area (Å²) in [5.74, 6) is -0.0103. The van der Waals surface area contributed by atoms with E-state index in [9.17, 15) is 9.59 Å². The fraction of sp³-hybridized carbons (Fsp3) is 0.800. The van der Waals surface area contributed by atoms with Crippen molar-refractivity contribution >= 4 is 11.8 Å². The molecule has 1 saturated heterocycles. The molecule has 0 aliphatic carbocycles. The molecule has 4 heteroatoms. The van der Waals surface area contributed by atoms with Gasteiger partial charge in [0.05, 0.1) is 6.54 Å². The summed E-state index contributed by atoms with van der Waals surface area (Å²) in [5.41, 5.74) is -0.647. The summed E-state index contributed by atoms with van der Waals surface area (Å²) in [4.78, 5) is 25.0. The predicted molar refractivity (Wildman–Crippen MR) is 53.7 cm³/mol. The second-order valence-corrected chi connectivity index (χ2v) is 3.86. The maximum atomic E-state index is 11.7. The summed E-state index contributed by atoms with van der Waals surface area (Å²) in [6.45, 7) is 6.58. The Bertz CT molecular complexity index is 253. The molecule has 1 fully saturated rings. The summed E-state index contributed by atoms with van der Waals surface area (Å²) in [7, 11) is 0. The Hall–Kier alpha value is -1.06. The fourth-order valence-electron chi connectivity index (χ4n) is 1.79. The molecule has 0 aromatic carbocycles. The van der Waals surface area contributed by atoms with E-state index >= 15 is 0 Å². The van der Waals surface area contributed by atoms with E-state index in [1.807, 2.05) is 20.8 Å². The zero-order chi connectivity index (χ0) is 10.8. The molecule has 1 unspecified atom stereocenters. The van der Waals surface area contributed by atoms with Gasteiger partial charge in [-0.2, -0.15) is 0 Å². The number of amides is 2. The van der Waals surface area contributed by atoms with Crippen LogP contribution in [-0.4, -0.2) is 35.3 Å². The summed E-state index contributed by atoms with van der Waals surface area (Å²) in [6, 6.07) is 0. The van der Waals surface area contributed by atoms with Gasteiger partial charge in [0, 0.05) is 6.54 Å². The van der Waals surface area contributed by atoms with E-state index in [2.05, 4.69) is 5.32 Å². The van der Waals surface area contributed by atoms with Crippen molar-refractivity contribution in [2.75, 3.05) is 13.1 Å². The molecular formula is C10H18N2O2. The highest BCUT2D eigenvalue weighted by Crippen LogP contribution is 2.22. The summed E-state index contributed by atoms with van der Waals surface area (Å²) in [5, 5.41) is 2.63. The molecule has 14 heavy (non-hydrogen) atoms. The molecule has 1 aliphatic rings. The van der Waals surface area contributed by atoms with E-state index < -0.39 is 5.54 Å². The lowest BCUT2D eigenvalue weighted by Gasteiger charge is -2.42. The fourth-order valence-corrected chi connectivity index (χ4v) is 1.79. The van der Waals surface area contributed by atoms with Gasteiger partial charge in [-0.15, -0.1) is 0 Å². The lowest BCUT2D eigenvalue weighted by atomic mass is 9.92. The molecule has 4 nitrogen and oxygen atoms in total. The second kappa shape index (κ2) is 3.98. The molecule has 0 aromatic heterocycles. The van der Waals surface area contributed by atoms with Crippen molar-refractivity contribution in [3.63, 3.8) is 0 Å². The van der Waals surface area contributed by atoms with Crippen LogP contribution in [0, 0.1) is 0 Å². The Morgan fingerprint density at radius 2 is 2.07 bits per heavy atom.